The fourth-order valence-corrected chi connectivity index (χ4v) is 2.20. The number of aryl methyl sites for hydroxylation is 1. The molecule has 6 heteroatoms. The van der Waals surface area contributed by atoms with Crippen LogP contribution in [0.4, 0.5) is 0 Å². The van der Waals surface area contributed by atoms with E-state index in [0.717, 1.165) is 17.5 Å². The maximum Gasteiger partial charge on any atom is 0.294 e. The van der Waals surface area contributed by atoms with Crippen molar-refractivity contribution in [3.05, 3.63) is 65.7 Å². The van der Waals surface area contributed by atoms with Gasteiger partial charge in [-0.25, -0.2) is 0 Å². The Balaban J connectivity index is 0.000000243. The number of aliphatic hydroxyl groups excluding tert-OH is 1. The van der Waals surface area contributed by atoms with Gasteiger partial charge in [-0.3, -0.25) is 4.55 Å². The lowest BCUT2D eigenvalue weighted by atomic mass is 10.2. The molecule has 5 nitrogen and oxygen atoms in total. The molecule has 1 unspecified atom stereocenters. The van der Waals surface area contributed by atoms with Crippen molar-refractivity contribution < 1.29 is 22.8 Å². The minimum atomic E-state index is -4.02. The third kappa shape index (κ3) is 8.21. The van der Waals surface area contributed by atoms with Crippen LogP contribution in [-0.4, -0.2) is 30.8 Å². The van der Waals surface area contributed by atoms with Gasteiger partial charge < -0.3 is 9.84 Å². The summed E-state index contributed by atoms with van der Waals surface area (Å²) in [6.45, 7) is 4.79. The number of hydrogen-bond donors (Lipinski definition) is 2. The Labute approximate surface area is 143 Å². The minimum Gasteiger partial charge on any atom is -0.391 e. The lowest BCUT2D eigenvalue weighted by molar-refractivity contribution is 0.0269. The Hall–Kier alpha value is -1.73. The summed E-state index contributed by atoms with van der Waals surface area (Å²) in [6, 6.07) is 16.0. The predicted octanol–water partition coefficient (Wildman–Crippen LogP) is 3.22. The number of aliphatic hydroxyl groups is 1. The molecule has 0 aliphatic carbocycles. The van der Waals surface area contributed by atoms with Gasteiger partial charge in [0.05, 0.1) is 24.2 Å². The van der Waals surface area contributed by atoms with E-state index in [1.165, 1.54) is 12.1 Å². The highest BCUT2D eigenvalue weighted by atomic mass is 32.2. The molecule has 0 bridgehead atoms. The second-order valence-electron chi connectivity index (χ2n) is 5.35. The van der Waals surface area contributed by atoms with E-state index in [-0.39, 0.29) is 11.0 Å². The van der Waals surface area contributed by atoms with Crippen LogP contribution in [-0.2, 0) is 21.5 Å². The molecule has 2 aromatic carbocycles. The SMILES string of the molecule is CCC(O)COCc1ccccc1.Cc1ccc(S(=O)(=O)O)cc1. The van der Waals surface area contributed by atoms with Gasteiger partial charge in [0, 0.05) is 0 Å². The molecule has 24 heavy (non-hydrogen) atoms. The second kappa shape index (κ2) is 10.2. The zero-order chi connectivity index (χ0) is 18.0. The largest absolute Gasteiger partial charge is 0.391 e. The highest BCUT2D eigenvalue weighted by Crippen LogP contribution is 2.08. The van der Waals surface area contributed by atoms with Gasteiger partial charge in [-0.05, 0) is 31.0 Å². The monoisotopic (exact) mass is 352 g/mol. The van der Waals surface area contributed by atoms with Crippen LogP contribution >= 0.6 is 0 Å². The highest BCUT2D eigenvalue weighted by Gasteiger charge is 2.06. The molecular weight excluding hydrogens is 328 g/mol. The quantitative estimate of drug-likeness (QED) is 0.780. The molecule has 0 amide bonds. The van der Waals surface area contributed by atoms with Crippen molar-refractivity contribution in [2.24, 2.45) is 0 Å². The number of ether oxygens (including phenoxy) is 1. The smallest absolute Gasteiger partial charge is 0.294 e. The summed E-state index contributed by atoms with van der Waals surface area (Å²) < 4.78 is 34.9. The second-order valence-corrected chi connectivity index (χ2v) is 6.77. The van der Waals surface area contributed by atoms with E-state index in [9.17, 15) is 13.5 Å². The molecular formula is C18H24O5S. The van der Waals surface area contributed by atoms with Crippen LogP contribution < -0.4 is 0 Å². The van der Waals surface area contributed by atoms with Crippen molar-refractivity contribution in [1.82, 2.24) is 0 Å². The van der Waals surface area contributed by atoms with Crippen molar-refractivity contribution in [1.29, 1.82) is 0 Å². The summed E-state index contributed by atoms with van der Waals surface area (Å²) >= 11 is 0. The van der Waals surface area contributed by atoms with E-state index in [1.807, 2.05) is 44.2 Å². The first kappa shape index (κ1) is 20.3. The van der Waals surface area contributed by atoms with Gasteiger partial charge in [0.15, 0.2) is 0 Å². The summed E-state index contributed by atoms with van der Waals surface area (Å²) in [5.41, 5.74) is 2.10. The first-order valence-corrected chi connectivity index (χ1v) is 9.10. The molecule has 0 aromatic heterocycles. The van der Waals surface area contributed by atoms with Gasteiger partial charge >= 0.3 is 0 Å². The summed E-state index contributed by atoms with van der Waals surface area (Å²) in [5.74, 6) is 0. The summed E-state index contributed by atoms with van der Waals surface area (Å²) in [6.07, 6.45) is 0.415. The Morgan fingerprint density at radius 2 is 1.62 bits per heavy atom. The molecule has 2 N–H and O–H groups in total. The Bertz CT molecular complexity index is 681. The van der Waals surface area contributed by atoms with Gasteiger partial charge in [0.1, 0.15) is 0 Å². The van der Waals surface area contributed by atoms with E-state index in [0.29, 0.717) is 13.2 Å². The zero-order valence-electron chi connectivity index (χ0n) is 13.9. The molecule has 0 aliphatic rings. The maximum absolute atomic E-state index is 10.5. The first-order chi connectivity index (χ1) is 11.3. The molecule has 132 valence electrons. The first-order valence-electron chi connectivity index (χ1n) is 7.66. The standard InChI is InChI=1S/C11H16O2.C7H8O3S/c1-2-11(12)9-13-8-10-6-4-3-5-7-10;1-6-2-4-7(5-3-6)11(8,9)10/h3-7,11-12H,2,8-9H2,1H3;2-5H,1H3,(H,8,9,10). The van der Waals surface area contributed by atoms with Crippen LogP contribution in [0.1, 0.15) is 24.5 Å². The molecule has 0 saturated heterocycles. The molecule has 0 saturated carbocycles. The van der Waals surface area contributed by atoms with Crippen molar-refractivity contribution in [2.45, 2.75) is 37.9 Å². The molecule has 2 aromatic rings. The van der Waals surface area contributed by atoms with Crippen LogP contribution in [0.2, 0.25) is 0 Å². The molecule has 0 radical (unpaired) electrons. The summed E-state index contributed by atoms with van der Waals surface area (Å²) in [4.78, 5) is -0.0666. The van der Waals surface area contributed by atoms with E-state index < -0.39 is 10.1 Å². The van der Waals surface area contributed by atoms with Crippen LogP contribution in [0, 0.1) is 6.92 Å². The summed E-state index contributed by atoms with van der Waals surface area (Å²) in [7, 11) is -4.02. The zero-order valence-corrected chi connectivity index (χ0v) is 14.7. The van der Waals surface area contributed by atoms with Gasteiger partial charge in [0.25, 0.3) is 10.1 Å². The highest BCUT2D eigenvalue weighted by molar-refractivity contribution is 7.85. The Morgan fingerprint density at radius 3 is 2.12 bits per heavy atom. The van der Waals surface area contributed by atoms with Crippen LogP contribution in [0.25, 0.3) is 0 Å². The predicted molar refractivity (Wildman–Crippen MR) is 93.4 cm³/mol. The molecule has 2 rings (SSSR count). The van der Waals surface area contributed by atoms with Crippen molar-refractivity contribution in [3.8, 4) is 0 Å². The number of hydrogen-bond acceptors (Lipinski definition) is 4. The average Bonchev–Trinajstić information content (AvgIpc) is 2.56. The number of benzene rings is 2. The van der Waals surface area contributed by atoms with Gasteiger partial charge in [-0.15, -0.1) is 0 Å². The lowest BCUT2D eigenvalue weighted by Crippen LogP contribution is -2.13. The van der Waals surface area contributed by atoms with Gasteiger partial charge in [0.2, 0.25) is 0 Å². The fourth-order valence-electron chi connectivity index (χ4n) is 1.72. The molecule has 0 aliphatic heterocycles. The molecule has 1 atom stereocenters. The summed E-state index contributed by atoms with van der Waals surface area (Å²) in [5, 5.41) is 9.21. The Kier molecular flexibility index (Phi) is 8.63. The average molecular weight is 352 g/mol. The third-order valence-electron chi connectivity index (χ3n) is 3.21. The third-order valence-corrected chi connectivity index (χ3v) is 4.08. The molecule has 0 heterocycles. The lowest BCUT2D eigenvalue weighted by Gasteiger charge is -2.08. The Morgan fingerprint density at radius 1 is 1.04 bits per heavy atom. The molecule has 0 spiro atoms. The van der Waals surface area contributed by atoms with Crippen molar-refractivity contribution >= 4 is 10.1 Å². The van der Waals surface area contributed by atoms with Gasteiger partial charge in [-0.2, -0.15) is 8.42 Å². The van der Waals surface area contributed by atoms with E-state index >= 15 is 0 Å². The van der Waals surface area contributed by atoms with Gasteiger partial charge in [-0.1, -0.05) is 55.0 Å². The van der Waals surface area contributed by atoms with E-state index in [4.69, 9.17) is 9.29 Å². The van der Waals surface area contributed by atoms with Crippen molar-refractivity contribution in [3.63, 3.8) is 0 Å². The topological polar surface area (TPSA) is 83.8 Å². The minimum absolute atomic E-state index is 0.0666. The van der Waals surface area contributed by atoms with E-state index in [2.05, 4.69) is 0 Å². The maximum atomic E-state index is 10.5. The van der Waals surface area contributed by atoms with Crippen LogP contribution in [0.15, 0.2) is 59.5 Å². The molecule has 0 fully saturated rings. The van der Waals surface area contributed by atoms with Crippen LogP contribution in [0.5, 0.6) is 0 Å². The number of rotatable bonds is 6. The van der Waals surface area contributed by atoms with Crippen molar-refractivity contribution in [2.75, 3.05) is 6.61 Å². The van der Waals surface area contributed by atoms with Crippen LogP contribution in [0.3, 0.4) is 0 Å². The normalized spacial score (nSPS) is 12.2. The fraction of sp³-hybridized carbons (Fsp3) is 0.333. The van der Waals surface area contributed by atoms with E-state index in [1.54, 1.807) is 12.1 Å².